The molecule has 0 radical (unpaired) electrons. The van der Waals surface area contributed by atoms with Crippen molar-refractivity contribution in [3.05, 3.63) is 17.8 Å². The van der Waals surface area contributed by atoms with Crippen molar-refractivity contribution < 1.29 is 4.74 Å². The molecule has 0 aliphatic heterocycles. The van der Waals surface area contributed by atoms with Crippen LogP contribution in [-0.2, 0) is 7.05 Å². The average molecular weight is 220 g/mol. The zero-order valence-corrected chi connectivity index (χ0v) is 9.01. The van der Waals surface area contributed by atoms with Gasteiger partial charge in [-0.2, -0.15) is 15.1 Å². The number of hydrogen-bond acceptors (Lipinski definition) is 6. The maximum Gasteiger partial charge on any atom is 0.228 e. The van der Waals surface area contributed by atoms with Gasteiger partial charge in [0, 0.05) is 19.2 Å². The van der Waals surface area contributed by atoms with E-state index >= 15 is 0 Å². The van der Waals surface area contributed by atoms with Gasteiger partial charge in [-0.15, -0.1) is 0 Å². The first kappa shape index (κ1) is 10.2. The Bertz CT molecular complexity index is 500. The van der Waals surface area contributed by atoms with Crippen LogP contribution in [-0.4, -0.2) is 19.7 Å². The minimum atomic E-state index is 0.0777. The molecule has 2 aromatic heterocycles. The van der Waals surface area contributed by atoms with Gasteiger partial charge in [-0.25, -0.2) is 4.68 Å². The summed E-state index contributed by atoms with van der Waals surface area (Å²) in [4.78, 5) is 7.65. The highest BCUT2D eigenvalue weighted by Crippen LogP contribution is 2.21. The molecule has 0 atom stereocenters. The molecule has 0 aliphatic carbocycles. The summed E-state index contributed by atoms with van der Waals surface area (Å²) in [6.45, 7) is 1.87. The summed E-state index contributed by atoms with van der Waals surface area (Å²) in [6, 6.07) is 3.28. The van der Waals surface area contributed by atoms with E-state index in [4.69, 9.17) is 16.2 Å². The van der Waals surface area contributed by atoms with Gasteiger partial charge in [0.25, 0.3) is 0 Å². The van der Waals surface area contributed by atoms with Crippen molar-refractivity contribution in [2.24, 2.45) is 7.05 Å². The van der Waals surface area contributed by atoms with E-state index in [9.17, 15) is 0 Å². The average Bonchev–Trinajstić information content (AvgIpc) is 2.43. The standard InChI is InChI=1S/C9H12N6O/c1-5-3-8(15(2)14-5)16-7-4-6(10)12-9(11)13-7/h3-4H,1-2H3,(H4,10,11,12,13). The SMILES string of the molecule is Cc1cc(Oc2cc(N)nc(N)n2)n(C)n1. The molecule has 16 heavy (non-hydrogen) atoms. The third kappa shape index (κ3) is 2.02. The Morgan fingerprint density at radius 2 is 2.00 bits per heavy atom. The molecule has 0 aromatic carbocycles. The van der Waals surface area contributed by atoms with E-state index in [1.165, 1.54) is 6.07 Å². The lowest BCUT2D eigenvalue weighted by Crippen LogP contribution is -2.02. The second-order valence-electron chi connectivity index (χ2n) is 3.34. The molecule has 2 rings (SSSR count). The van der Waals surface area contributed by atoms with E-state index in [0.29, 0.717) is 11.8 Å². The summed E-state index contributed by atoms with van der Waals surface area (Å²) in [5.41, 5.74) is 11.8. The molecule has 7 heteroatoms. The number of aryl methyl sites for hydroxylation is 2. The van der Waals surface area contributed by atoms with Crippen LogP contribution in [0.15, 0.2) is 12.1 Å². The molecule has 7 nitrogen and oxygen atoms in total. The second kappa shape index (κ2) is 3.69. The van der Waals surface area contributed by atoms with Gasteiger partial charge in [0.1, 0.15) is 5.82 Å². The summed E-state index contributed by atoms with van der Waals surface area (Å²) in [6.07, 6.45) is 0. The molecular weight excluding hydrogens is 208 g/mol. The van der Waals surface area contributed by atoms with E-state index in [0.717, 1.165) is 5.69 Å². The molecule has 84 valence electrons. The quantitative estimate of drug-likeness (QED) is 0.762. The Morgan fingerprint density at radius 1 is 1.25 bits per heavy atom. The fraction of sp³-hybridized carbons (Fsp3) is 0.222. The van der Waals surface area contributed by atoms with Crippen LogP contribution in [0.1, 0.15) is 5.69 Å². The van der Waals surface area contributed by atoms with Crippen molar-refractivity contribution in [1.82, 2.24) is 19.7 Å². The van der Waals surface area contributed by atoms with Crippen LogP contribution in [0.25, 0.3) is 0 Å². The van der Waals surface area contributed by atoms with Gasteiger partial charge in [-0.1, -0.05) is 0 Å². The van der Waals surface area contributed by atoms with Crippen molar-refractivity contribution in [3.8, 4) is 11.8 Å². The van der Waals surface area contributed by atoms with Gasteiger partial charge >= 0.3 is 0 Å². The summed E-state index contributed by atoms with van der Waals surface area (Å²) in [5, 5.41) is 4.14. The zero-order chi connectivity index (χ0) is 11.7. The van der Waals surface area contributed by atoms with Gasteiger partial charge < -0.3 is 16.2 Å². The fourth-order valence-corrected chi connectivity index (χ4v) is 1.30. The maximum atomic E-state index is 5.52. The Hall–Kier alpha value is -2.31. The van der Waals surface area contributed by atoms with Crippen LogP contribution in [0.3, 0.4) is 0 Å². The summed E-state index contributed by atoms with van der Waals surface area (Å²) in [7, 11) is 1.77. The lowest BCUT2D eigenvalue weighted by molar-refractivity contribution is 0.415. The summed E-state index contributed by atoms with van der Waals surface area (Å²) < 4.78 is 7.08. The highest BCUT2D eigenvalue weighted by Gasteiger charge is 2.07. The van der Waals surface area contributed by atoms with Crippen LogP contribution in [0.4, 0.5) is 11.8 Å². The smallest absolute Gasteiger partial charge is 0.228 e. The second-order valence-corrected chi connectivity index (χ2v) is 3.34. The molecule has 0 amide bonds. The number of nitrogen functional groups attached to an aromatic ring is 2. The molecule has 0 saturated heterocycles. The third-order valence-electron chi connectivity index (χ3n) is 1.91. The van der Waals surface area contributed by atoms with Crippen molar-refractivity contribution in [2.45, 2.75) is 6.92 Å². The number of nitrogens with two attached hydrogens (primary N) is 2. The molecule has 0 fully saturated rings. The Kier molecular flexibility index (Phi) is 2.35. The van der Waals surface area contributed by atoms with Crippen LogP contribution >= 0.6 is 0 Å². The predicted molar refractivity (Wildman–Crippen MR) is 58.9 cm³/mol. The van der Waals surface area contributed by atoms with Crippen molar-refractivity contribution >= 4 is 11.8 Å². The van der Waals surface area contributed by atoms with Crippen LogP contribution < -0.4 is 16.2 Å². The maximum absolute atomic E-state index is 5.52. The molecular formula is C9H12N6O. The topological polar surface area (TPSA) is 105 Å². The van der Waals surface area contributed by atoms with E-state index in [1.807, 2.05) is 6.92 Å². The third-order valence-corrected chi connectivity index (χ3v) is 1.91. The lowest BCUT2D eigenvalue weighted by Gasteiger charge is -2.05. The minimum Gasteiger partial charge on any atom is -0.421 e. The molecule has 0 bridgehead atoms. The number of nitrogens with zero attached hydrogens (tertiary/aromatic N) is 4. The number of rotatable bonds is 2. The van der Waals surface area contributed by atoms with Gasteiger partial charge in [0.05, 0.1) is 5.69 Å². The highest BCUT2D eigenvalue weighted by molar-refractivity contribution is 5.39. The Labute approximate surface area is 92.1 Å². The van der Waals surface area contributed by atoms with Crippen LogP contribution in [0, 0.1) is 6.92 Å². The molecule has 0 unspecified atom stereocenters. The Balaban J connectivity index is 2.30. The fourth-order valence-electron chi connectivity index (χ4n) is 1.30. The van der Waals surface area contributed by atoms with Gasteiger partial charge in [0.15, 0.2) is 0 Å². The number of ether oxygens (including phenoxy) is 1. The first-order valence-electron chi connectivity index (χ1n) is 4.63. The molecule has 0 spiro atoms. The highest BCUT2D eigenvalue weighted by atomic mass is 16.5. The number of hydrogen-bond donors (Lipinski definition) is 2. The van der Waals surface area contributed by atoms with Crippen LogP contribution in [0.2, 0.25) is 0 Å². The lowest BCUT2D eigenvalue weighted by atomic mass is 10.5. The van der Waals surface area contributed by atoms with Crippen molar-refractivity contribution in [1.29, 1.82) is 0 Å². The van der Waals surface area contributed by atoms with Crippen molar-refractivity contribution in [3.63, 3.8) is 0 Å². The van der Waals surface area contributed by atoms with E-state index in [1.54, 1.807) is 17.8 Å². The van der Waals surface area contributed by atoms with E-state index in [2.05, 4.69) is 15.1 Å². The normalized spacial score (nSPS) is 10.4. The summed E-state index contributed by atoms with van der Waals surface area (Å²) in [5.74, 6) is 1.21. The van der Waals surface area contributed by atoms with Gasteiger partial charge in [-0.05, 0) is 6.92 Å². The zero-order valence-electron chi connectivity index (χ0n) is 9.01. The van der Waals surface area contributed by atoms with Crippen molar-refractivity contribution in [2.75, 3.05) is 11.5 Å². The van der Waals surface area contributed by atoms with Gasteiger partial charge in [-0.3, -0.25) is 0 Å². The number of anilines is 2. The predicted octanol–water partition coefficient (Wildman–Crippen LogP) is 0.475. The molecule has 0 aliphatic rings. The first-order chi connectivity index (χ1) is 7.54. The first-order valence-corrected chi connectivity index (χ1v) is 4.63. The van der Waals surface area contributed by atoms with Gasteiger partial charge in [0.2, 0.25) is 17.7 Å². The largest absolute Gasteiger partial charge is 0.421 e. The molecule has 2 heterocycles. The van der Waals surface area contributed by atoms with E-state index < -0.39 is 0 Å². The number of aromatic nitrogens is 4. The molecule has 2 aromatic rings. The minimum absolute atomic E-state index is 0.0777. The van der Waals surface area contributed by atoms with Crippen LogP contribution in [0.5, 0.6) is 11.8 Å². The molecule has 0 saturated carbocycles. The van der Waals surface area contributed by atoms with E-state index in [-0.39, 0.29) is 11.8 Å². The monoisotopic (exact) mass is 220 g/mol. The summed E-state index contributed by atoms with van der Waals surface area (Å²) >= 11 is 0. The Morgan fingerprint density at radius 3 is 2.56 bits per heavy atom. The molecule has 4 N–H and O–H groups in total.